The molecule has 0 radical (unpaired) electrons. The number of aliphatic hydroxyl groups excluding tert-OH is 1. The fourth-order valence-corrected chi connectivity index (χ4v) is 10.8. The van der Waals surface area contributed by atoms with E-state index >= 15 is 0 Å². The topological polar surface area (TPSA) is 20.2 Å². The van der Waals surface area contributed by atoms with E-state index < -0.39 is 0 Å². The SMILES string of the molecule is C=C(C)C[C@@H]1[C@H](O)CC[C@@]2(C)[C@H]1CC[C@@H]1[C@@H]2CC[C@]2(C)[C@@H]([C@H](C)CC[C@H](CC)C(C)C)CC[C@@H]12. The Hall–Kier alpha value is -0.300. The molecule has 0 bridgehead atoms. The van der Waals surface area contributed by atoms with Crippen LogP contribution in [0.5, 0.6) is 0 Å². The largest absolute Gasteiger partial charge is 0.393 e. The van der Waals surface area contributed by atoms with Gasteiger partial charge >= 0.3 is 0 Å². The van der Waals surface area contributed by atoms with Crippen LogP contribution in [0, 0.1) is 64.1 Å². The van der Waals surface area contributed by atoms with Gasteiger partial charge in [-0.3, -0.25) is 0 Å². The molecule has 0 saturated heterocycles. The molecular weight excluding hydrogens is 412 g/mol. The second kappa shape index (κ2) is 10.2. The van der Waals surface area contributed by atoms with Crippen molar-refractivity contribution in [2.45, 2.75) is 132 Å². The molecule has 0 aromatic rings. The van der Waals surface area contributed by atoms with Gasteiger partial charge < -0.3 is 5.11 Å². The Morgan fingerprint density at radius 1 is 0.882 bits per heavy atom. The van der Waals surface area contributed by atoms with E-state index in [1.807, 2.05) is 0 Å². The molecule has 4 fully saturated rings. The van der Waals surface area contributed by atoms with E-state index in [1.54, 1.807) is 0 Å². The Morgan fingerprint density at radius 2 is 1.53 bits per heavy atom. The molecule has 0 aromatic heterocycles. The van der Waals surface area contributed by atoms with Gasteiger partial charge in [-0.15, -0.1) is 6.58 Å². The van der Waals surface area contributed by atoms with E-state index in [0.717, 1.165) is 54.3 Å². The summed E-state index contributed by atoms with van der Waals surface area (Å²) in [6.45, 7) is 21.6. The van der Waals surface area contributed by atoms with Gasteiger partial charge in [-0.05, 0) is 135 Å². The fourth-order valence-electron chi connectivity index (χ4n) is 10.8. The van der Waals surface area contributed by atoms with Gasteiger partial charge in [-0.25, -0.2) is 0 Å². The normalized spacial score (nSPS) is 45.9. The van der Waals surface area contributed by atoms with Gasteiger partial charge in [0, 0.05) is 0 Å². The van der Waals surface area contributed by atoms with Crippen LogP contribution in [-0.4, -0.2) is 11.2 Å². The molecule has 0 amide bonds. The molecule has 4 saturated carbocycles. The van der Waals surface area contributed by atoms with Crippen molar-refractivity contribution in [2.24, 2.45) is 64.1 Å². The van der Waals surface area contributed by atoms with E-state index in [-0.39, 0.29) is 6.10 Å². The van der Waals surface area contributed by atoms with Crippen LogP contribution in [0.15, 0.2) is 12.2 Å². The highest BCUT2D eigenvalue weighted by molar-refractivity contribution is 5.12. The zero-order valence-corrected chi connectivity index (χ0v) is 23.9. The van der Waals surface area contributed by atoms with Crippen LogP contribution < -0.4 is 0 Å². The van der Waals surface area contributed by atoms with E-state index in [0.29, 0.717) is 22.7 Å². The summed E-state index contributed by atoms with van der Waals surface area (Å²) in [5.74, 6) is 7.52. The maximum atomic E-state index is 11.0. The summed E-state index contributed by atoms with van der Waals surface area (Å²) in [5, 5.41) is 11.0. The van der Waals surface area contributed by atoms with Crippen molar-refractivity contribution in [1.29, 1.82) is 0 Å². The smallest absolute Gasteiger partial charge is 0.0574 e. The minimum atomic E-state index is -0.102. The molecule has 0 heterocycles. The molecule has 196 valence electrons. The number of allylic oxidation sites excluding steroid dienone is 1. The highest BCUT2D eigenvalue weighted by atomic mass is 16.3. The number of hydrogen-bond donors (Lipinski definition) is 1. The van der Waals surface area contributed by atoms with Crippen LogP contribution >= 0.6 is 0 Å². The lowest BCUT2D eigenvalue weighted by molar-refractivity contribution is -0.152. The molecule has 0 unspecified atom stereocenters. The summed E-state index contributed by atoms with van der Waals surface area (Å²) in [5.41, 5.74) is 2.29. The van der Waals surface area contributed by atoms with Crippen LogP contribution in [0.4, 0.5) is 0 Å². The van der Waals surface area contributed by atoms with Crippen molar-refractivity contribution >= 4 is 0 Å². The first kappa shape index (κ1) is 26.8. The van der Waals surface area contributed by atoms with Gasteiger partial charge in [0.1, 0.15) is 0 Å². The first-order valence-corrected chi connectivity index (χ1v) is 15.3. The molecule has 1 nitrogen and oxygen atoms in total. The summed E-state index contributed by atoms with van der Waals surface area (Å²) in [4.78, 5) is 0. The molecule has 4 aliphatic rings. The highest BCUT2D eigenvalue weighted by Gasteiger charge is 2.61. The van der Waals surface area contributed by atoms with Crippen molar-refractivity contribution in [3.05, 3.63) is 12.2 Å². The first-order chi connectivity index (χ1) is 16.0. The van der Waals surface area contributed by atoms with Crippen LogP contribution in [-0.2, 0) is 0 Å². The van der Waals surface area contributed by atoms with Crippen molar-refractivity contribution in [3.63, 3.8) is 0 Å². The average Bonchev–Trinajstić information content (AvgIpc) is 3.13. The van der Waals surface area contributed by atoms with Gasteiger partial charge in [0.25, 0.3) is 0 Å². The summed E-state index contributed by atoms with van der Waals surface area (Å²) >= 11 is 0. The number of fused-ring (bicyclic) bond motifs is 5. The van der Waals surface area contributed by atoms with Crippen molar-refractivity contribution in [1.82, 2.24) is 0 Å². The van der Waals surface area contributed by atoms with Gasteiger partial charge in [-0.2, -0.15) is 0 Å². The molecule has 0 aromatic carbocycles. The minimum absolute atomic E-state index is 0.102. The lowest BCUT2D eigenvalue weighted by atomic mass is 9.42. The Bertz CT molecular complexity index is 709. The van der Waals surface area contributed by atoms with Crippen LogP contribution in [0.25, 0.3) is 0 Å². The minimum Gasteiger partial charge on any atom is -0.393 e. The lowest BCUT2D eigenvalue weighted by Gasteiger charge is -2.63. The third-order valence-corrected chi connectivity index (χ3v) is 12.7. The van der Waals surface area contributed by atoms with E-state index in [4.69, 9.17) is 0 Å². The summed E-state index contributed by atoms with van der Waals surface area (Å²) < 4.78 is 0. The quantitative estimate of drug-likeness (QED) is 0.350. The van der Waals surface area contributed by atoms with Gasteiger partial charge in [0.15, 0.2) is 0 Å². The molecular formula is C33H58O. The van der Waals surface area contributed by atoms with Crippen LogP contribution in [0.3, 0.4) is 0 Å². The van der Waals surface area contributed by atoms with Crippen molar-refractivity contribution in [3.8, 4) is 0 Å². The second-order valence-electron chi connectivity index (χ2n) is 14.7. The Labute approximate surface area is 212 Å². The Balaban J connectivity index is 1.48. The molecule has 4 aliphatic carbocycles. The highest BCUT2D eigenvalue weighted by Crippen LogP contribution is 2.69. The monoisotopic (exact) mass is 470 g/mol. The predicted molar refractivity (Wildman–Crippen MR) is 147 cm³/mol. The lowest BCUT2D eigenvalue weighted by Crippen LogP contribution is -2.56. The van der Waals surface area contributed by atoms with E-state index in [2.05, 4.69) is 55.0 Å². The second-order valence-corrected chi connectivity index (χ2v) is 14.7. The van der Waals surface area contributed by atoms with Crippen LogP contribution in [0.2, 0.25) is 0 Å². The number of rotatable bonds is 8. The maximum absolute atomic E-state index is 11.0. The Morgan fingerprint density at radius 3 is 2.18 bits per heavy atom. The molecule has 4 rings (SSSR count). The fraction of sp³-hybridized carbons (Fsp3) is 0.939. The zero-order valence-electron chi connectivity index (χ0n) is 23.9. The standard InChI is InChI=1S/C33H58O/c1-9-24(22(4)5)11-10-23(6)27-14-15-28-25-12-13-29-26(20-21(2)3)31(34)17-19-33(29,8)30(25)16-18-32(27,28)7/h22-31,34H,2,9-20H2,1,3-8H3/t23-,24+,25+,26+,27-,28+,29+,30+,31-,32-,33+/m1/s1. The van der Waals surface area contributed by atoms with Crippen molar-refractivity contribution < 1.29 is 5.11 Å². The molecule has 0 aliphatic heterocycles. The molecule has 1 N–H and O–H groups in total. The predicted octanol–water partition coefficient (Wildman–Crippen LogP) is 9.30. The molecule has 1 heteroatoms. The van der Waals surface area contributed by atoms with Gasteiger partial charge in [0.2, 0.25) is 0 Å². The zero-order chi connectivity index (χ0) is 24.8. The Kier molecular flexibility index (Phi) is 8.04. The third kappa shape index (κ3) is 4.59. The summed E-state index contributed by atoms with van der Waals surface area (Å²) in [6, 6.07) is 0. The van der Waals surface area contributed by atoms with Crippen molar-refractivity contribution in [2.75, 3.05) is 0 Å². The first-order valence-electron chi connectivity index (χ1n) is 15.3. The van der Waals surface area contributed by atoms with E-state index in [9.17, 15) is 5.11 Å². The number of aliphatic hydroxyl groups is 1. The average molecular weight is 471 g/mol. The third-order valence-electron chi connectivity index (χ3n) is 12.7. The number of hydrogen-bond acceptors (Lipinski definition) is 1. The van der Waals surface area contributed by atoms with Gasteiger partial charge in [0.05, 0.1) is 6.10 Å². The molecule has 11 atom stereocenters. The maximum Gasteiger partial charge on any atom is 0.0574 e. The molecule has 34 heavy (non-hydrogen) atoms. The summed E-state index contributed by atoms with van der Waals surface area (Å²) in [6.07, 6.45) is 16.1. The van der Waals surface area contributed by atoms with Gasteiger partial charge in [-0.1, -0.05) is 60.0 Å². The van der Waals surface area contributed by atoms with Crippen LogP contribution in [0.1, 0.15) is 126 Å². The summed E-state index contributed by atoms with van der Waals surface area (Å²) in [7, 11) is 0. The van der Waals surface area contributed by atoms with E-state index in [1.165, 1.54) is 69.8 Å². The molecule has 0 spiro atoms.